The summed E-state index contributed by atoms with van der Waals surface area (Å²) in [5.41, 5.74) is 0.263. The van der Waals surface area contributed by atoms with Gasteiger partial charge < -0.3 is 24.0 Å². The minimum atomic E-state index is -1.36. The van der Waals surface area contributed by atoms with Crippen LogP contribution in [0.15, 0.2) is 71.8 Å². The molecule has 0 saturated carbocycles. The third kappa shape index (κ3) is 4.24. The molecule has 3 heterocycles. The molecule has 1 fully saturated rings. The van der Waals surface area contributed by atoms with Crippen LogP contribution in [-0.4, -0.2) is 46.9 Å². The maximum Gasteiger partial charge on any atom is 0.341 e. The summed E-state index contributed by atoms with van der Waals surface area (Å²) in [7, 11) is 1.54. The summed E-state index contributed by atoms with van der Waals surface area (Å²) in [6.45, 7) is 0.882. The van der Waals surface area contributed by atoms with E-state index in [1.807, 2.05) is 23.1 Å². The van der Waals surface area contributed by atoms with Crippen LogP contribution in [0.3, 0.4) is 0 Å². The molecule has 184 valence electrons. The number of para-hydroxylation sites is 1. The van der Waals surface area contributed by atoms with Crippen LogP contribution in [0.4, 0.5) is 10.1 Å². The van der Waals surface area contributed by atoms with Gasteiger partial charge in [0.1, 0.15) is 18.0 Å². The number of pyridine rings is 2. The van der Waals surface area contributed by atoms with Crippen LogP contribution in [0, 0.1) is 5.82 Å². The van der Waals surface area contributed by atoms with Crippen molar-refractivity contribution in [2.45, 2.75) is 18.9 Å². The molecule has 5 rings (SSSR count). The van der Waals surface area contributed by atoms with Crippen molar-refractivity contribution in [2.24, 2.45) is 0 Å². The van der Waals surface area contributed by atoms with Crippen LogP contribution in [-0.2, 0) is 0 Å². The zero-order chi connectivity index (χ0) is 25.2. The Kier molecular flexibility index (Phi) is 6.28. The van der Waals surface area contributed by atoms with E-state index >= 15 is 4.39 Å². The van der Waals surface area contributed by atoms with Gasteiger partial charge in [-0.15, -0.1) is 0 Å². The number of benzene rings is 2. The van der Waals surface area contributed by atoms with E-state index in [1.165, 1.54) is 13.3 Å². The van der Waals surface area contributed by atoms with Crippen LogP contribution in [0.1, 0.15) is 23.2 Å². The highest BCUT2D eigenvalue weighted by Gasteiger charge is 2.29. The Balaban J connectivity index is 1.57. The van der Waals surface area contributed by atoms with Crippen molar-refractivity contribution in [3.05, 3.63) is 88.6 Å². The average Bonchev–Trinajstić information content (AvgIpc) is 3.36. The molecule has 1 saturated heterocycles. The van der Waals surface area contributed by atoms with Gasteiger partial charge in [0.15, 0.2) is 5.75 Å². The topological polar surface area (TPSA) is 93.9 Å². The van der Waals surface area contributed by atoms with Crippen LogP contribution < -0.4 is 19.8 Å². The van der Waals surface area contributed by atoms with Crippen molar-refractivity contribution in [3.8, 4) is 17.3 Å². The van der Waals surface area contributed by atoms with Crippen molar-refractivity contribution >= 4 is 22.6 Å². The molecule has 4 aromatic rings. The normalized spacial score (nSPS) is 15.3. The zero-order valence-corrected chi connectivity index (χ0v) is 19.6. The molecule has 2 aromatic carbocycles. The van der Waals surface area contributed by atoms with Gasteiger partial charge in [-0.3, -0.25) is 4.79 Å². The summed E-state index contributed by atoms with van der Waals surface area (Å²) in [5.74, 6) is -1.08. The van der Waals surface area contributed by atoms with Gasteiger partial charge in [-0.2, -0.15) is 0 Å². The molecular formula is C27H24FN3O5. The van der Waals surface area contributed by atoms with Gasteiger partial charge >= 0.3 is 5.97 Å². The Morgan fingerprint density at radius 2 is 2.00 bits per heavy atom. The standard InChI is InChI=1S/C27H24FN3O5/c1-35-24-10-5-11-29-26(24)36-16-18-9-6-12-30(18)23-14-22-19(13-21(23)28)25(32)20(27(33)34)15-31(22)17-7-3-2-4-8-17/h2-5,7-8,10-11,13-15,18H,6,9,12,16H2,1H3,(H,33,34)/t18-/m1/s1. The molecular weight excluding hydrogens is 465 g/mol. The van der Waals surface area contributed by atoms with Crippen LogP contribution in [0.2, 0.25) is 0 Å². The molecule has 0 spiro atoms. The van der Waals surface area contributed by atoms with E-state index in [-0.39, 0.29) is 18.0 Å². The van der Waals surface area contributed by atoms with E-state index in [0.29, 0.717) is 35.1 Å². The Hall–Kier alpha value is -4.40. The molecule has 1 atom stereocenters. The number of anilines is 1. The molecule has 36 heavy (non-hydrogen) atoms. The summed E-state index contributed by atoms with van der Waals surface area (Å²) >= 11 is 0. The first-order valence-electron chi connectivity index (χ1n) is 11.5. The van der Waals surface area contributed by atoms with Crippen molar-refractivity contribution in [1.82, 2.24) is 9.55 Å². The molecule has 0 amide bonds. The van der Waals surface area contributed by atoms with Gasteiger partial charge in [-0.25, -0.2) is 14.2 Å². The summed E-state index contributed by atoms with van der Waals surface area (Å²) < 4.78 is 28.3. The number of hydrogen-bond donors (Lipinski definition) is 1. The number of carboxylic acids is 1. The fraction of sp³-hybridized carbons (Fsp3) is 0.222. The van der Waals surface area contributed by atoms with Crippen molar-refractivity contribution in [3.63, 3.8) is 0 Å². The number of fused-ring (bicyclic) bond motifs is 1. The van der Waals surface area contributed by atoms with Crippen LogP contribution >= 0.6 is 0 Å². The summed E-state index contributed by atoms with van der Waals surface area (Å²) in [6.07, 6.45) is 4.54. The number of carbonyl (C=O) groups is 1. The minimum Gasteiger partial charge on any atom is -0.491 e. The van der Waals surface area contributed by atoms with Gasteiger partial charge in [-0.05, 0) is 49.2 Å². The highest BCUT2D eigenvalue weighted by atomic mass is 19.1. The molecule has 8 nitrogen and oxygen atoms in total. The molecule has 1 N–H and O–H groups in total. The molecule has 0 aliphatic carbocycles. The summed E-state index contributed by atoms with van der Waals surface area (Å²) in [5, 5.41) is 9.58. The number of nitrogens with zero attached hydrogens (tertiary/aromatic N) is 3. The van der Waals surface area contributed by atoms with Gasteiger partial charge in [-0.1, -0.05) is 18.2 Å². The second kappa shape index (κ2) is 9.69. The lowest BCUT2D eigenvalue weighted by atomic mass is 10.1. The first-order chi connectivity index (χ1) is 17.5. The number of carboxylic acid groups (broad SMARTS) is 1. The monoisotopic (exact) mass is 489 g/mol. The second-order valence-corrected chi connectivity index (χ2v) is 8.51. The van der Waals surface area contributed by atoms with Gasteiger partial charge in [0.05, 0.1) is 24.4 Å². The number of methoxy groups -OCH3 is 1. The van der Waals surface area contributed by atoms with E-state index in [9.17, 15) is 14.7 Å². The summed E-state index contributed by atoms with van der Waals surface area (Å²) in [4.78, 5) is 30.8. The quantitative estimate of drug-likeness (QED) is 0.414. The van der Waals surface area contributed by atoms with E-state index in [0.717, 1.165) is 18.9 Å². The number of aromatic carboxylic acids is 1. The van der Waals surface area contributed by atoms with E-state index in [1.54, 1.807) is 41.1 Å². The molecule has 1 aliphatic rings. The highest BCUT2D eigenvalue weighted by Crippen LogP contribution is 2.33. The number of rotatable bonds is 7. The Morgan fingerprint density at radius 3 is 2.75 bits per heavy atom. The van der Waals surface area contributed by atoms with Gasteiger partial charge in [0, 0.05) is 30.0 Å². The predicted molar refractivity (Wildman–Crippen MR) is 133 cm³/mol. The largest absolute Gasteiger partial charge is 0.491 e. The molecule has 2 aromatic heterocycles. The molecule has 0 radical (unpaired) electrons. The number of halogens is 1. The number of aromatic nitrogens is 2. The minimum absolute atomic E-state index is 0.00484. The third-order valence-electron chi connectivity index (χ3n) is 6.39. The van der Waals surface area contributed by atoms with Crippen molar-refractivity contribution < 1.29 is 23.8 Å². The maximum absolute atomic E-state index is 15.5. The summed E-state index contributed by atoms with van der Waals surface area (Å²) in [6, 6.07) is 15.2. The van der Waals surface area contributed by atoms with Gasteiger partial charge in [0.2, 0.25) is 5.43 Å². The fourth-order valence-electron chi connectivity index (χ4n) is 4.65. The number of ether oxygens (including phenoxy) is 2. The molecule has 9 heteroatoms. The maximum atomic E-state index is 15.5. The SMILES string of the molecule is COc1cccnc1OC[C@H]1CCCN1c1cc2c(cc1F)c(=O)c(C(=O)O)cn2-c1ccccc1. The molecule has 0 unspecified atom stereocenters. The lowest BCUT2D eigenvalue weighted by Crippen LogP contribution is -2.35. The number of hydrogen-bond acceptors (Lipinski definition) is 6. The Morgan fingerprint density at radius 1 is 1.19 bits per heavy atom. The fourth-order valence-corrected chi connectivity index (χ4v) is 4.65. The highest BCUT2D eigenvalue weighted by molar-refractivity contribution is 5.94. The zero-order valence-electron chi connectivity index (χ0n) is 19.6. The van der Waals surface area contributed by atoms with Crippen molar-refractivity contribution in [1.29, 1.82) is 0 Å². The predicted octanol–water partition coefficient (Wildman–Crippen LogP) is 4.28. The van der Waals surface area contributed by atoms with Gasteiger partial charge in [0.25, 0.3) is 5.88 Å². The van der Waals surface area contributed by atoms with Crippen LogP contribution in [0.25, 0.3) is 16.6 Å². The van der Waals surface area contributed by atoms with Crippen molar-refractivity contribution in [2.75, 3.05) is 25.2 Å². The first kappa shape index (κ1) is 23.3. The Labute approximate surface area is 206 Å². The lowest BCUT2D eigenvalue weighted by molar-refractivity contribution is 0.0695. The van der Waals surface area contributed by atoms with E-state index < -0.39 is 22.8 Å². The van der Waals surface area contributed by atoms with E-state index in [4.69, 9.17) is 9.47 Å². The second-order valence-electron chi connectivity index (χ2n) is 8.51. The molecule has 1 aliphatic heterocycles. The first-order valence-corrected chi connectivity index (χ1v) is 11.5. The lowest BCUT2D eigenvalue weighted by Gasteiger charge is -2.28. The smallest absolute Gasteiger partial charge is 0.341 e. The third-order valence-corrected chi connectivity index (χ3v) is 6.39. The average molecular weight is 490 g/mol. The van der Waals surface area contributed by atoms with Crippen LogP contribution in [0.5, 0.6) is 11.6 Å². The molecule has 0 bridgehead atoms. The Bertz CT molecular complexity index is 1490. The van der Waals surface area contributed by atoms with E-state index in [2.05, 4.69) is 4.98 Å².